The lowest BCUT2D eigenvalue weighted by Gasteiger charge is -2.34. The average Bonchev–Trinajstić information content (AvgIpc) is 2.58. The fourth-order valence-corrected chi connectivity index (χ4v) is 5.98. The van der Waals surface area contributed by atoms with Gasteiger partial charge in [0.1, 0.15) is 4.21 Å². The third kappa shape index (κ3) is 2.80. The van der Waals surface area contributed by atoms with Crippen molar-refractivity contribution < 1.29 is 13.2 Å². The van der Waals surface area contributed by atoms with Crippen LogP contribution in [0.5, 0.6) is 0 Å². The van der Waals surface area contributed by atoms with Crippen LogP contribution in [0.15, 0.2) is 14.1 Å². The second-order valence-corrected chi connectivity index (χ2v) is 9.14. The Bertz CT molecular complexity index is 511. The molecule has 0 aliphatic carbocycles. The number of halogens is 1. The zero-order chi connectivity index (χ0) is 13.5. The Labute approximate surface area is 120 Å². The second-order valence-electron chi connectivity index (χ2n) is 4.60. The van der Waals surface area contributed by atoms with Crippen molar-refractivity contribution in [3.8, 4) is 0 Å². The molecule has 0 N–H and O–H groups in total. The van der Waals surface area contributed by atoms with Crippen molar-refractivity contribution in [3.05, 3.63) is 15.4 Å². The van der Waals surface area contributed by atoms with Gasteiger partial charge in [-0.15, -0.1) is 11.3 Å². The van der Waals surface area contributed by atoms with E-state index in [2.05, 4.69) is 15.9 Å². The van der Waals surface area contributed by atoms with Gasteiger partial charge in [0.05, 0.1) is 16.0 Å². The molecule has 0 radical (unpaired) electrons. The zero-order valence-electron chi connectivity index (χ0n) is 10.5. The van der Waals surface area contributed by atoms with Gasteiger partial charge in [-0.25, -0.2) is 8.42 Å². The van der Waals surface area contributed by atoms with E-state index in [0.717, 1.165) is 9.35 Å². The molecule has 2 unspecified atom stereocenters. The van der Waals surface area contributed by atoms with Crippen LogP contribution in [0.1, 0.15) is 19.4 Å². The largest absolute Gasteiger partial charge is 0.373 e. The van der Waals surface area contributed by atoms with Crippen molar-refractivity contribution in [1.29, 1.82) is 0 Å². The normalized spacial score (nSPS) is 26.4. The summed E-state index contributed by atoms with van der Waals surface area (Å²) in [6.07, 6.45) is -0.124. The predicted molar refractivity (Wildman–Crippen MR) is 75.5 cm³/mol. The number of morpholine rings is 1. The monoisotopic (exact) mass is 353 g/mol. The highest BCUT2D eigenvalue weighted by molar-refractivity contribution is 9.11. The van der Waals surface area contributed by atoms with E-state index in [1.807, 2.05) is 20.8 Å². The maximum absolute atomic E-state index is 12.5. The molecule has 1 saturated heterocycles. The van der Waals surface area contributed by atoms with E-state index < -0.39 is 10.0 Å². The van der Waals surface area contributed by atoms with Crippen molar-refractivity contribution in [2.75, 3.05) is 13.1 Å². The summed E-state index contributed by atoms with van der Waals surface area (Å²) >= 11 is 4.63. The van der Waals surface area contributed by atoms with Crippen molar-refractivity contribution >= 4 is 37.3 Å². The number of hydrogen-bond acceptors (Lipinski definition) is 4. The summed E-state index contributed by atoms with van der Waals surface area (Å²) in [5, 5.41) is 0. The summed E-state index contributed by atoms with van der Waals surface area (Å²) < 4.78 is 33.4. The fraction of sp³-hybridized carbons (Fsp3) is 0.636. The molecule has 0 aromatic carbocycles. The summed E-state index contributed by atoms with van der Waals surface area (Å²) in [4.78, 5) is 0. The van der Waals surface area contributed by atoms with E-state index in [1.54, 1.807) is 6.07 Å². The molecule has 2 rings (SSSR count). The minimum absolute atomic E-state index is 0.0620. The molecule has 102 valence electrons. The maximum Gasteiger partial charge on any atom is 0.252 e. The molecular formula is C11H16BrNO3S2. The first kappa shape index (κ1) is 14.5. The molecule has 0 spiro atoms. The summed E-state index contributed by atoms with van der Waals surface area (Å²) in [7, 11) is -3.39. The van der Waals surface area contributed by atoms with Gasteiger partial charge >= 0.3 is 0 Å². The molecule has 18 heavy (non-hydrogen) atoms. The molecule has 0 amide bonds. The molecule has 1 aromatic rings. The average molecular weight is 354 g/mol. The van der Waals surface area contributed by atoms with Gasteiger partial charge in [-0.3, -0.25) is 0 Å². The summed E-state index contributed by atoms with van der Waals surface area (Å²) in [6.45, 7) is 6.52. The highest BCUT2D eigenvalue weighted by Gasteiger charge is 2.33. The van der Waals surface area contributed by atoms with E-state index in [1.165, 1.54) is 15.6 Å². The van der Waals surface area contributed by atoms with E-state index in [4.69, 9.17) is 4.74 Å². The smallest absolute Gasteiger partial charge is 0.252 e. The number of rotatable bonds is 2. The summed E-state index contributed by atoms with van der Waals surface area (Å²) in [5.41, 5.74) is 0.952. The predicted octanol–water partition coefficient (Wildman–Crippen LogP) is 2.62. The Morgan fingerprint density at radius 3 is 2.39 bits per heavy atom. The molecule has 7 heteroatoms. The van der Waals surface area contributed by atoms with Gasteiger partial charge < -0.3 is 4.74 Å². The fourth-order valence-electron chi connectivity index (χ4n) is 2.01. The number of hydrogen-bond donors (Lipinski definition) is 0. The van der Waals surface area contributed by atoms with Crippen LogP contribution >= 0.6 is 27.3 Å². The summed E-state index contributed by atoms with van der Waals surface area (Å²) in [5.74, 6) is 0. The van der Waals surface area contributed by atoms with Crippen molar-refractivity contribution in [2.45, 2.75) is 37.2 Å². The summed E-state index contributed by atoms with van der Waals surface area (Å²) in [6, 6.07) is 1.72. The SMILES string of the molecule is Cc1cc(S(=O)(=O)N2CC(C)OC(C)C2)sc1Br. The van der Waals surface area contributed by atoms with Gasteiger partial charge in [-0.05, 0) is 48.3 Å². The Balaban J connectivity index is 2.30. The highest BCUT2D eigenvalue weighted by atomic mass is 79.9. The lowest BCUT2D eigenvalue weighted by atomic mass is 10.3. The van der Waals surface area contributed by atoms with Crippen LogP contribution in [0, 0.1) is 6.92 Å². The molecule has 2 heterocycles. The number of ether oxygens (including phenoxy) is 1. The molecular weight excluding hydrogens is 338 g/mol. The topological polar surface area (TPSA) is 46.6 Å². The molecule has 2 atom stereocenters. The molecule has 1 aliphatic heterocycles. The van der Waals surface area contributed by atoms with Crippen molar-refractivity contribution in [2.24, 2.45) is 0 Å². The Kier molecular flexibility index (Phi) is 4.18. The number of aryl methyl sites for hydroxylation is 1. The first-order chi connectivity index (χ1) is 8.30. The second kappa shape index (κ2) is 5.20. The van der Waals surface area contributed by atoms with E-state index >= 15 is 0 Å². The highest BCUT2D eigenvalue weighted by Crippen LogP contribution is 2.33. The third-order valence-corrected chi connectivity index (χ3v) is 7.23. The number of nitrogens with zero attached hydrogens (tertiary/aromatic N) is 1. The van der Waals surface area contributed by atoms with Gasteiger partial charge in [-0.1, -0.05) is 0 Å². The van der Waals surface area contributed by atoms with Crippen LogP contribution < -0.4 is 0 Å². The van der Waals surface area contributed by atoms with Crippen LogP contribution in [0.4, 0.5) is 0 Å². The lowest BCUT2D eigenvalue weighted by molar-refractivity contribution is -0.0440. The minimum atomic E-state index is -3.39. The molecule has 1 aliphatic rings. The van der Waals surface area contributed by atoms with Gasteiger partial charge in [0.2, 0.25) is 0 Å². The molecule has 0 saturated carbocycles. The van der Waals surface area contributed by atoms with Gasteiger partial charge in [0, 0.05) is 13.1 Å². The van der Waals surface area contributed by atoms with E-state index in [9.17, 15) is 8.42 Å². The molecule has 1 aromatic heterocycles. The van der Waals surface area contributed by atoms with Crippen LogP contribution in [0.2, 0.25) is 0 Å². The van der Waals surface area contributed by atoms with Gasteiger partial charge in [0.15, 0.2) is 0 Å². The van der Waals surface area contributed by atoms with E-state index in [-0.39, 0.29) is 12.2 Å². The van der Waals surface area contributed by atoms with Crippen LogP contribution in [-0.2, 0) is 14.8 Å². The Morgan fingerprint density at radius 1 is 1.39 bits per heavy atom. The molecule has 4 nitrogen and oxygen atoms in total. The first-order valence-electron chi connectivity index (χ1n) is 5.72. The minimum Gasteiger partial charge on any atom is -0.373 e. The number of sulfonamides is 1. The Hall–Kier alpha value is 0.0500. The van der Waals surface area contributed by atoms with Crippen molar-refractivity contribution in [1.82, 2.24) is 4.31 Å². The van der Waals surface area contributed by atoms with Crippen LogP contribution in [0.25, 0.3) is 0 Å². The van der Waals surface area contributed by atoms with E-state index in [0.29, 0.717) is 17.3 Å². The third-order valence-electron chi connectivity index (χ3n) is 2.81. The van der Waals surface area contributed by atoms with Crippen LogP contribution in [-0.4, -0.2) is 38.0 Å². The molecule has 1 fully saturated rings. The first-order valence-corrected chi connectivity index (χ1v) is 8.77. The Morgan fingerprint density at radius 2 is 1.94 bits per heavy atom. The van der Waals surface area contributed by atoms with Gasteiger partial charge in [-0.2, -0.15) is 4.31 Å². The number of thiophene rings is 1. The zero-order valence-corrected chi connectivity index (χ0v) is 13.7. The van der Waals surface area contributed by atoms with Crippen LogP contribution in [0.3, 0.4) is 0 Å². The quantitative estimate of drug-likeness (QED) is 0.820. The van der Waals surface area contributed by atoms with Gasteiger partial charge in [0.25, 0.3) is 10.0 Å². The van der Waals surface area contributed by atoms with Crippen molar-refractivity contribution in [3.63, 3.8) is 0 Å². The maximum atomic E-state index is 12.5. The lowest BCUT2D eigenvalue weighted by Crippen LogP contribution is -2.47. The standard InChI is InChI=1S/C11H16BrNO3S2/c1-7-4-10(17-11(7)12)18(14,15)13-5-8(2)16-9(3)6-13/h4,8-9H,5-6H2,1-3H3. The molecule has 0 bridgehead atoms.